The fourth-order valence-electron chi connectivity index (χ4n) is 2.66. The monoisotopic (exact) mass is 262 g/mol. The van der Waals surface area contributed by atoms with Gasteiger partial charge in [0.25, 0.3) is 0 Å². The summed E-state index contributed by atoms with van der Waals surface area (Å²) in [5, 5.41) is 0. The van der Waals surface area contributed by atoms with Crippen molar-refractivity contribution in [3.8, 4) is 5.75 Å². The van der Waals surface area contributed by atoms with Crippen molar-refractivity contribution in [2.75, 3.05) is 32.8 Å². The lowest BCUT2D eigenvalue weighted by molar-refractivity contribution is 0.114. The van der Waals surface area contributed by atoms with Gasteiger partial charge in [-0.05, 0) is 50.4 Å². The zero-order valence-electron chi connectivity index (χ0n) is 12.1. The summed E-state index contributed by atoms with van der Waals surface area (Å²) >= 11 is 0. The fraction of sp³-hybridized carbons (Fsp3) is 0.625. The molecule has 19 heavy (non-hydrogen) atoms. The molecule has 0 amide bonds. The van der Waals surface area contributed by atoms with E-state index >= 15 is 0 Å². The molecule has 2 rings (SSSR count). The van der Waals surface area contributed by atoms with Crippen molar-refractivity contribution in [1.29, 1.82) is 0 Å². The van der Waals surface area contributed by atoms with Crippen molar-refractivity contribution in [3.63, 3.8) is 0 Å². The molecule has 1 aromatic rings. The van der Waals surface area contributed by atoms with E-state index in [4.69, 9.17) is 10.5 Å². The Morgan fingerprint density at radius 1 is 1.32 bits per heavy atom. The van der Waals surface area contributed by atoms with Crippen LogP contribution < -0.4 is 10.5 Å². The molecule has 2 atom stereocenters. The molecule has 1 aromatic carbocycles. The maximum atomic E-state index is 5.83. The zero-order valence-corrected chi connectivity index (χ0v) is 12.1. The fourth-order valence-corrected chi connectivity index (χ4v) is 2.66. The lowest BCUT2D eigenvalue weighted by atomic mass is 9.87. The van der Waals surface area contributed by atoms with Gasteiger partial charge in [0.15, 0.2) is 0 Å². The largest absolute Gasteiger partial charge is 0.492 e. The first kappa shape index (κ1) is 14.4. The van der Waals surface area contributed by atoms with Crippen LogP contribution in [0.2, 0.25) is 0 Å². The molecule has 2 unspecified atom stereocenters. The summed E-state index contributed by atoms with van der Waals surface area (Å²) in [7, 11) is 0. The number of aryl methyl sites for hydroxylation is 1. The van der Waals surface area contributed by atoms with E-state index in [2.05, 4.69) is 30.9 Å². The highest BCUT2D eigenvalue weighted by Gasteiger charge is 2.24. The summed E-state index contributed by atoms with van der Waals surface area (Å²) in [6, 6.07) is 8.25. The van der Waals surface area contributed by atoms with Gasteiger partial charge in [0, 0.05) is 13.1 Å². The van der Waals surface area contributed by atoms with Gasteiger partial charge in [-0.3, -0.25) is 4.90 Å². The molecule has 1 fully saturated rings. The quantitative estimate of drug-likeness (QED) is 0.885. The van der Waals surface area contributed by atoms with Crippen LogP contribution >= 0.6 is 0 Å². The van der Waals surface area contributed by atoms with Crippen molar-refractivity contribution in [1.82, 2.24) is 4.90 Å². The standard InChI is InChI=1S/C16H26N2O/c1-13-3-5-16(6-4-13)19-10-9-18-8-7-14(2)15(11-17)12-18/h3-6,14-15H,7-12,17H2,1-2H3. The molecule has 106 valence electrons. The molecular formula is C16H26N2O. The Bertz CT molecular complexity index is 377. The van der Waals surface area contributed by atoms with Crippen LogP contribution in [0.15, 0.2) is 24.3 Å². The van der Waals surface area contributed by atoms with Gasteiger partial charge in [-0.25, -0.2) is 0 Å². The Morgan fingerprint density at radius 2 is 2.05 bits per heavy atom. The Kier molecular flexibility index (Phi) is 5.23. The topological polar surface area (TPSA) is 38.5 Å². The van der Waals surface area contributed by atoms with Crippen molar-refractivity contribution in [3.05, 3.63) is 29.8 Å². The van der Waals surface area contributed by atoms with Gasteiger partial charge in [0.1, 0.15) is 12.4 Å². The highest BCUT2D eigenvalue weighted by atomic mass is 16.5. The number of piperidine rings is 1. The van der Waals surface area contributed by atoms with Gasteiger partial charge in [-0.15, -0.1) is 0 Å². The summed E-state index contributed by atoms with van der Waals surface area (Å²) in [5.74, 6) is 2.37. The lowest BCUT2D eigenvalue weighted by Crippen LogP contribution is -2.44. The minimum absolute atomic E-state index is 0.646. The Hall–Kier alpha value is -1.06. The smallest absolute Gasteiger partial charge is 0.119 e. The second-order valence-electron chi connectivity index (χ2n) is 5.72. The van der Waals surface area contributed by atoms with Crippen LogP contribution in [0.5, 0.6) is 5.75 Å². The van der Waals surface area contributed by atoms with E-state index in [1.807, 2.05) is 12.1 Å². The number of benzene rings is 1. The predicted molar refractivity (Wildman–Crippen MR) is 79.4 cm³/mol. The van der Waals surface area contributed by atoms with Crippen molar-refractivity contribution in [2.24, 2.45) is 17.6 Å². The van der Waals surface area contributed by atoms with Crippen LogP contribution in [0, 0.1) is 18.8 Å². The minimum atomic E-state index is 0.646. The summed E-state index contributed by atoms with van der Waals surface area (Å²) in [5.41, 5.74) is 7.10. The van der Waals surface area contributed by atoms with Crippen LogP contribution in [0.25, 0.3) is 0 Å². The third-order valence-electron chi connectivity index (χ3n) is 4.20. The first-order chi connectivity index (χ1) is 9.19. The second kappa shape index (κ2) is 6.92. The average molecular weight is 262 g/mol. The summed E-state index contributed by atoms with van der Waals surface area (Å²) in [4.78, 5) is 2.48. The van der Waals surface area contributed by atoms with Gasteiger partial charge >= 0.3 is 0 Å². The van der Waals surface area contributed by atoms with Gasteiger partial charge in [0.05, 0.1) is 0 Å². The number of hydrogen-bond donors (Lipinski definition) is 1. The summed E-state index contributed by atoms with van der Waals surface area (Å²) in [6.07, 6.45) is 1.26. The number of ether oxygens (including phenoxy) is 1. The number of nitrogens with two attached hydrogens (primary N) is 1. The van der Waals surface area contributed by atoms with Crippen molar-refractivity contribution >= 4 is 0 Å². The molecule has 0 spiro atoms. The lowest BCUT2D eigenvalue weighted by Gasteiger charge is -2.36. The first-order valence-corrected chi connectivity index (χ1v) is 7.31. The van der Waals surface area contributed by atoms with E-state index in [1.54, 1.807) is 0 Å². The van der Waals surface area contributed by atoms with Crippen LogP contribution in [-0.2, 0) is 0 Å². The normalized spacial score (nSPS) is 24.4. The van der Waals surface area contributed by atoms with E-state index in [0.717, 1.165) is 37.9 Å². The first-order valence-electron chi connectivity index (χ1n) is 7.31. The summed E-state index contributed by atoms with van der Waals surface area (Å²) in [6.45, 7) is 9.26. The number of nitrogens with zero attached hydrogens (tertiary/aromatic N) is 1. The zero-order chi connectivity index (χ0) is 13.7. The average Bonchev–Trinajstić information content (AvgIpc) is 2.43. The van der Waals surface area contributed by atoms with E-state index in [1.165, 1.54) is 18.5 Å². The maximum absolute atomic E-state index is 5.83. The maximum Gasteiger partial charge on any atom is 0.119 e. The second-order valence-corrected chi connectivity index (χ2v) is 5.72. The molecule has 0 aromatic heterocycles. The van der Waals surface area contributed by atoms with Crippen molar-refractivity contribution < 1.29 is 4.74 Å². The number of likely N-dealkylation sites (tertiary alicyclic amines) is 1. The number of hydrogen-bond acceptors (Lipinski definition) is 3. The molecule has 2 N–H and O–H groups in total. The Labute approximate surface area is 116 Å². The molecule has 1 saturated heterocycles. The Balaban J connectivity index is 1.72. The molecule has 0 bridgehead atoms. The third kappa shape index (κ3) is 4.22. The molecule has 1 heterocycles. The molecule has 3 nitrogen and oxygen atoms in total. The number of rotatable bonds is 5. The molecule has 0 aliphatic carbocycles. The molecule has 1 aliphatic heterocycles. The Morgan fingerprint density at radius 3 is 2.74 bits per heavy atom. The van der Waals surface area contributed by atoms with Gasteiger partial charge < -0.3 is 10.5 Å². The third-order valence-corrected chi connectivity index (χ3v) is 4.20. The van der Waals surface area contributed by atoms with E-state index < -0.39 is 0 Å². The van der Waals surface area contributed by atoms with E-state index in [9.17, 15) is 0 Å². The minimum Gasteiger partial charge on any atom is -0.492 e. The van der Waals surface area contributed by atoms with E-state index in [-0.39, 0.29) is 0 Å². The summed E-state index contributed by atoms with van der Waals surface area (Å²) < 4.78 is 5.79. The highest BCUT2D eigenvalue weighted by Crippen LogP contribution is 2.22. The van der Waals surface area contributed by atoms with Crippen molar-refractivity contribution in [2.45, 2.75) is 20.3 Å². The van der Waals surface area contributed by atoms with Gasteiger partial charge in [-0.2, -0.15) is 0 Å². The predicted octanol–water partition coefficient (Wildman–Crippen LogP) is 2.29. The molecule has 3 heteroatoms. The van der Waals surface area contributed by atoms with Crippen LogP contribution in [0.1, 0.15) is 18.9 Å². The van der Waals surface area contributed by atoms with Crippen LogP contribution in [-0.4, -0.2) is 37.7 Å². The molecule has 0 saturated carbocycles. The SMILES string of the molecule is Cc1ccc(OCCN2CCC(C)C(CN)C2)cc1. The van der Waals surface area contributed by atoms with Crippen LogP contribution in [0.3, 0.4) is 0 Å². The van der Waals surface area contributed by atoms with Gasteiger partial charge in [0.2, 0.25) is 0 Å². The molecule has 0 radical (unpaired) electrons. The molecular weight excluding hydrogens is 236 g/mol. The van der Waals surface area contributed by atoms with Gasteiger partial charge in [-0.1, -0.05) is 24.6 Å². The van der Waals surface area contributed by atoms with Crippen LogP contribution in [0.4, 0.5) is 0 Å². The van der Waals surface area contributed by atoms with E-state index in [0.29, 0.717) is 5.92 Å². The highest BCUT2D eigenvalue weighted by molar-refractivity contribution is 5.26. The molecule has 1 aliphatic rings.